The molecular formula is C13H16N2O3S. The Kier molecular flexibility index (Phi) is 4.53. The van der Waals surface area contributed by atoms with E-state index in [0.717, 1.165) is 25.7 Å². The van der Waals surface area contributed by atoms with Crippen molar-refractivity contribution in [2.24, 2.45) is 0 Å². The first-order valence-electron chi connectivity index (χ1n) is 6.24. The van der Waals surface area contributed by atoms with Crippen LogP contribution in [0.4, 0.5) is 0 Å². The summed E-state index contributed by atoms with van der Waals surface area (Å²) in [5, 5.41) is 8.92. The summed E-state index contributed by atoms with van der Waals surface area (Å²) in [6, 6.07) is 8.63. The molecule has 0 aliphatic heterocycles. The molecule has 0 atom stereocenters. The van der Waals surface area contributed by atoms with Crippen molar-refractivity contribution in [3.63, 3.8) is 0 Å². The molecule has 1 fully saturated rings. The molecule has 2 rings (SSSR count). The standard InChI is InChI=1S/C13H16N2O3S/c14-9-11-5-1-2-6-12(11)10-19(16,17)15-18-13-7-3-4-8-13/h1-2,5-6,13,15H,3-4,7-8,10H2. The van der Waals surface area contributed by atoms with E-state index in [4.69, 9.17) is 10.1 Å². The lowest BCUT2D eigenvalue weighted by Crippen LogP contribution is -2.29. The molecule has 5 nitrogen and oxygen atoms in total. The number of hydrogen-bond acceptors (Lipinski definition) is 4. The number of benzene rings is 1. The van der Waals surface area contributed by atoms with Crippen molar-refractivity contribution in [3.8, 4) is 6.07 Å². The van der Waals surface area contributed by atoms with Crippen molar-refractivity contribution in [2.75, 3.05) is 0 Å². The fraction of sp³-hybridized carbons (Fsp3) is 0.462. The van der Waals surface area contributed by atoms with E-state index in [1.165, 1.54) is 0 Å². The summed E-state index contributed by atoms with van der Waals surface area (Å²) < 4.78 is 23.8. The Morgan fingerprint density at radius 2 is 2.00 bits per heavy atom. The van der Waals surface area contributed by atoms with Gasteiger partial charge in [-0.05, 0) is 24.5 Å². The van der Waals surface area contributed by atoms with Gasteiger partial charge in [0.1, 0.15) is 0 Å². The van der Waals surface area contributed by atoms with E-state index < -0.39 is 10.0 Å². The minimum absolute atomic E-state index is 0.0269. The van der Waals surface area contributed by atoms with Crippen molar-refractivity contribution in [1.29, 1.82) is 5.26 Å². The SMILES string of the molecule is N#Cc1ccccc1CS(=O)(=O)NOC1CCCC1. The molecule has 0 amide bonds. The predicted octanol–water partition coefficient (Wildman–Crippen LogP) is 1.85. The number of nitrogens with zero attached hydrogens (tertiary/aromatic N) is 1. The van der Waals surface area contributed by atoms with Crippen molar-refractivity contribution in [3.05, 3.63) is 35.4 Å². The van der Waals surface area contributed by atoms with E-state index in [-0.39, 0.29) is 11.9 Å². The molecule has 0 heterocycles. The van der Waals surface area contributed by atoms with E-state index in [9.17, 15) is 8.42 Å². The third-order valence-corrected chi connectivity index (χ3v) is 4.17. The van der Waals surface area contributed by atoms with E-state index in [0.29, 0.717) is 11.1 Å². The van der Waals surface area contributed by atoms with Crippen LogP contribution in [0.15, 0.2) is 24.3 Å². The van der Waals surface area contributed by atoms with Gasteiger partial charge in [0.2, 0.25) is 10.0 Å². The van der Waals surface area contributed by atoms with Gasteiger partial charge in [-0.2, -0.15) is 5.26 Å². The maximum atomic E-state index is 11.9. The summed E-state index contributed by atoms with van der Waals surface area (Å²) in [5.74, 6) is -0.247. The van der Waals surface area contributed by atoms with Crippen LogP contribution in [0.2, 0.25) is 0 Å². The Bertz CT molecular complexity index is 572. The Morgan fingerprint density at radius 1 is 1.32 bits per heavy atom. The molecule has 0 bridgehead atoms. The summed E-state index contributed by atoms with van der Waals surface area (Å²) in [7, 11) is -3.58. The molecule has 1 aromatic rings. The number of rotatable bonds is 5. The smallest absolute Gasteiger partial charge is 0.237 e. The highest BCUT2D eigenvalue weighted by Gasteiger charge is 2.20. The fourth-order valence-electron chi connectivity index (χ4n) is 2.14. The zero-order valence-electron chi connectivity index (χ0n) is 10.5. The summed E-state index contributed by atoms with van der Waals surface area (Å²) in [6.07, 6.45) is 3.89. The van der Waals surface area contributed by atoms with Crippen LogP contribution in [0.3, 0.4) is 0 Å². The highest BCUT2D eigenvalue weighted by molar-refractivity contribution is 7.88. The van der Waals surface area contributed by atoms with Gasteiger partial charge in [-0.25, -0.2) is 8.42 Å². The molecular weight excluding hydrogens is 264 g/mol. The molecule has 1 saturated carbocycles. The number of sulfonamides is 1. The van der Waals surface area contributed by atoms with Gasteiger partial charge < -0.3 is 0 Å². The first kappa shape index (κ1) is 14.0. The average molecular weight is 280 g/mol. The third kappa shape index (κ3) is 4.03. The molecule has 102 valence electrons. The first-order valence-corrected chi connectivity index (χ1v) is 7.89. The predicted molar refractivity (Wildman–Crippen MR) is 70.3 cm³/mol. The van der Waals surface area contributed by atoms with Crippen LogP contribution in [-0.2, 0) is 20.6 Å². The fourth-order valence-corrected chi connectivity index (χ4v) is 3.14. The van der Waals surface area contributed by atoms with Crippen LogP contribution in [0.25, 0.3) is 0 Å². The molecule has 1 aliphatic rings. The lowest BCUT2D eigenvalue weighted by Gasteiger charge is -2.12. The van der Waals surface area contributed by atoms with Gasteiger partial charge in [0.25, 0.3) is 0 Å². The van der Waals surface area contributed by atoms with E-state index in [1.807, 2.05) is 6.07 Å². The molecule has 0 unspecified atom stereocenters. The lowest BCUT2D eigenvalue weighted by atomic mass is 10.1. The van der Waals surface area contributed by atoms with Crippen molar-refractivity contribution >= 4 is 10.0 Å². The highest BCUT2D eigenvalue weighted by Crippen LogP contribution is 2.20. The Hall–Kier alpha value is -1.42. The summed E-state index contributed by atoms with van der Waals surface area (Å²) in [5.41, 5.74) is 0.848. The Balaban J connectivity index is 1.98. The molecule has 0 radical (unpaired) electrons. The van der Waals surface area contributed by atoms with Crippen LogP contribution in [0, 0.1) is 11.3 Å². The lowest BCUT2D eigenvalue weighted by molar-refractivity contribution is 0.0222. The zero-order chi connectivity index (χ0) is 13.7. The summed E-state index contributed by atoms with van der Waals surface area (Å²) >= 11 is 0. The van der Waals surface area contributed by atoms with E-state index in [1.54, 1.807) is 24.3 Å². The van der Waals surface area contributed by atoms with Crippen LogP contribution < -0.4 is 4.89 Å². The second-order valence-corrected chi connectivity index (χ2v) is 6.32. The summed E-state index contributed by atoms with van der Waals surface area (Å²) in [4.78, 5) is 7.36. The zero-order valence-corrected chi connectivity index (χ0v) is 11.3. The molecule has 6 heteroatoms. The van der Waals surface area contributed by atoms with E-state index >= 15 is 0 Å². The van der Waals surface area contributed by atoms with Gasteiger partial charge in [-0.3, -0.25) is 4.84 Å². The van der Waals surface area contributed by atoms with Crippen LogP contribution >= 0.6 is 0 Å². The molecule has 1 aliphatic carbocycles. The van der Waals surface area contributed by atoms with Gasteiger partial charge in [0.05, 0.1) is 23.5 Å². The Labute approximate surface area is 113 Å². The van der Waals surface area contributed by atoms with Crippen LogP contribution in [0.1, 0.15) is 36.8 Å². The summed E-state index contributed by atoms with van der Waals surface area (Å²) in [6.45, 7) is 0. The molecule has 19 heavy (non-hydrogen) atoms. The van der Waals surface area contributed by atoms with Crippen molar-refractivity contribution < 1.29 is 13.3 Å². The maximum absolute atomic E-state index is 11.9. The molecule has 1 aromatic carbocycles. The average Bonchev–Trinajstić information content (AvgIpc) is 2.90. The van der Waals surface area contributed by atoms with Gasteiger partial charge in [-0.1, -0.05) is 35.9 Å². The normalized spacial score (nSPS) is 16.4. The molecule has 0 spiro atoms. The second kappa shape index (κ2) is 6.15. The molecule has 0 aromatic heterocycles. The van der Waals surface area contributed by atoms with Crippen LogP contribution in [-0.4, -0.2) is 14.5 Å². The monoisotopic (exact) mass is 280 g/mol. The van der Waals surface area contributed by atoms with Gasteiger partial charge >= 0.3 is 0 Å². The number of hydrogen-bond donors (Lipinski definition) is 1. The maximum Gasteiger partial charge on any atom is 0.237 e. The minimum atomic E-state index is -3.58. The first-order chi connectivity index (χ1) is 9.11. The Morgan fingerprint density at radius 3 is 2.68 bits per heavy atom. The third-order valence-electron chi connectivity index (χ3n) is 3.13. The second-order valence-electron chi connectivity index (χ2n) is 4.64. The minimum Gasteiger partial charge on any atom is -0.284 e. The van der Waals surface area contributed by atoms with Gasteiger partial charge in [0.15, 0.2) is 0 Å². The van der Waals surface area contributed by atoms with Crippen molar-refractivity contribution in [1.82, 2.24) is 4.89 Å². The highest BCUT2D eigenvalue weighted by atomic mass is 32.2. The number of nitriles is 1. The van der Waals surface area contributed by atoms with E-state index in [2.05, 4.69) is 4.89 Å². The van der Waals surface area contributed by atoms with Gasteiger partial charge in [0, 0.05) is 0 Å². The van der Waals surface area contributed by atoms with Crippen molar-refractivity contribution in [2.45, 2.75) is 37.5 Å². The van der Waals surface area contributed by atoms with Crippen LogP contribution in [0.5, 0.6) is 0 Å². The quantitative estimate of drug-likeness (QED) is 0.835. The molecule has 0 saturated heterocycles. The number of nitrogens with one attached hydrogen (secondary N) is 1. The molecule has 1 N–H and O–H groups in total. The topological polar surface area (TPSA) is 79.2 Å². The van der Waals surface area contributed by atoms with Gasteiger partial charge in [-0.15, -0.1) is 0 Å². The largest absolute Gasteiger partial charge is 0.284 e.